The third-order valence-electron chi connectivity index (χ3n) is 2.06. The van der Waals surface area contributed by atoms with Crippen LogP contribution in [0.15, 0.2) is 12.3 Å². The summed E-state index contributed by atoms with van der Waals surface area (Å²) in [5, 5.41) is 4.28. The van der Waals surface area contributed by atoms with Gasteiger partial charge in [0.05, 0.1) is 5.69 Å². The van der Waals surface area contributed by atoms with E-state index in [2.05, 4.69) is 12.0 Å². The number of nitrogens with zero attached hydrogens (tertiary/aromatic N) is 2. The summed E-state index contributed by atoms with van der Waals surface area (Å²) in [5.74, 6) is 0. The Labute approximate surface area is 73.6 Å². The third-order valence-corrected chi connectivity index (χ3v) is 2.06. The van der Waals surface area contributed by atoms with Crippen LogP contribution >= 0.6 is 0 Å². The maximum atomic E-state index is 5.79. The minimum Gasteiger partial charge on any atom is -0.328 e. The Morgan fingerprint density at radius 3 is 2.92 bits per heavy atom. The molecule has 3 nitrogen and oxygen atoms in total. The van der Waals surface area contributed by atoms with Gasteiger partial charge in [-0.2, -0.15) is 5.10 Å². The number of rotatable bonds is 4. The molecule has 3 heteroatoms. The fraction of sp³-hybridized carbons (Fsp3) is 0.667. The number of hydrogen-bond acceptors (Lipinski definition) is 2. The molecule has 1 atom stereocenters. The highest BCUT2D eigenvalue weighted by molar-refractivity contribution is 4.98. The van der Waals surface area contributed by atoms with Crippen molar-refractivity contribution < 1.29 is 0 Å². The normalized spacial score (nSPS) is 13.2. The van der Waals surface area contributed by atoms with E-state index in [0.29, 0.717) is 6.04 Å². The van der Waals surface area contributed by atoms with Crippen molar-refractivity contribution in [1.29, 1.82) is 0 Å². The van der Waals surface area contributed by atoms with E-state index in [1.54, 1.807) is 0 Å². The summed E-state index contributed by atoms with van der Waals surface area (Å²) in [6.45, 7) is 2.11. The second-order valence-electron chi connectivity index (χ2n) is 3.19. The lowest BCUT2D eigenvalue weighted by Gasteiger charge is -2.05. The first kappa shape index (κ1) is 9.26. The number of nitrogens with two attached hydrogens (primary N) is 1. The zero-order chi connectivity index (χ0) is 8.97. The summed E-state index contributed by atoms with van der Waals surface area (Å²) in [4.78, 5) is 0. The maximum Gasteiger partial charge on any atom is 0.0625 e. The molecule has 0 aliphatic heterocycles. The van der Waals surface area contributed by atoms with Crippen molar-refractivity contribution in [2.24, 2.45) is 12.8 Å². The van der Waals surface area contributed by atoms with E-state index in [1.165, 1.54) is 0 Å². The molecule has 0 radical (unpaired) electrons. The number of aryl methyl sites for hydroxylation is 2. The van der Waals surface area contributed by atoms with Gasteiger partial charge in [0.25, 0.3) is 0 Å². The van der Waals surface area contributed by atoms with Crippen LogP contribution in [0.4, 0.5) is 0 Å². The van der Waals surface area contributed by atoms with Crippen molar-refractivity contribution in [2.45, 2.75) is 32.2 Å². The van der Waals surface area contributed by atoms with Crippen LogP contribution in [0.25, 0.3) is 0 Å². The average Bonchev–Trinajstić information content (AvgIpc) is 2.47. The largest absolute Gasteiger partial charge is 0.328 e. The van der Waals surface area contributed by atoms with Crippen molar-refractivity contribution in [3.8, 4) is 0 Å². The van der Waals surface area contributed by atoms with E-state index in [0.717, 1.165) is 25.0 Å². The van der Waals surface area contributed by atoms with Gasteiger partial charge in [0, 0.05) is 19.3 Å². The summed E-state index contributed by atoms with van der Waals surface area (Å²) in [6, 6.07) is 2.37. The Morgan fingerprint density at radius 1 is 1.67 bits per heavy atom. The molecule has 0 aromatic carbocycles. The van der Waals surface area contributed by atoms with Gasteiger partial charge in [-0.1, -0.05) is 6.92 Å². The Morgan fingerprint density at radius 2 is 2.42 bits per heavy atom. The highest BCUT2D eigenvalue weighted by Gasteiger charge is 2.01. The molecule has 1 unspecified atom stereocenters. The summed E-state index contributed by atoms with van der Waals surface area (Å²) in [5.41, 5.74) is 6.93. The van der Waals surface area contributed by atoms with Gasteiger partial charge < -0.3 is 5.73 Å². The van der Waals surface area contributed by atoms with Gasteiger partial charge in [0.1, 0.15) is 0 Å². The topological polar surface area (TPSA) is 43.8 Å². The predicted octanol–water partition coefficient (Wildman–Crippen LogP) is 1.09. The molecule has 68 valence electrons. The van der Waals surface area contributed by atoms with E-state index in [9.17, 15) is 0 Å². The second kappa shape index (κ2) is 4.26. The van der Waals surface area contributed by atoms with Crippen LogP contribution in [0.3, 0.4) is 0 Å². The molecule has 0 saturated heterocycles. The molecule has 0 fully saturated rings. The standard InChI is InChI=1S/C9H17N3/c1-3-8(10)4-5-9-6-7-12(2)11-9/h6-8H,3-5,10H2,1-2H3. The fourth-order valence-corrected chi connectivity index (χ4v) is 1.13. The minimum atomic E-state index is 0.326. The van der Waals surface area contributed by atoms with Crippen LogP contribution in [-0.2, 0) is 13.5 Å². The van der Waals surface area contributed by atoms with Gasteiger partial charge in [-0.3, -0.25) is 4.68 Å². The lowest BCUT2D eigenvalue weighted by Crippen LogP contribution is -2.19. The molecule has 1 aromatic rings. The molecule has 2 N–H and O–H groups in total. The monoisotopic (exact) mass is 167 g/mol. The molecular formula is C9H17N3. The van der Waals surface area contributed by atoms with E-state index in [4.69, 9.17) is 5.73 Å². The molecule has 1 aromatic heterocycles. The molecule has 1 heterocycles. The van der Waals surface area contributed by atoms with Gasteiger partial charge in [-0.05, 0) is 25.3 Å². The van der Waals surface area contributed by atoms with E-state index < -0.39 is 0 Å². The summed E-state index contributed by atoms with van der Waals surface area (Å²) in [7, 11) is 1.93. The molecule has 1 rings (SSSR count). The average molecular weight is 167 g/mol. The van der Waals surface area contributed by atoms with Crippen LogP contribution in [0.5, 0.6) is 0 Å². The first-order chi connectivity index (χ1) is 5.72. The molecule has 0 saturated carbocycles. The molecule has 0 aliphatic rings. The maximum absolute atomic E-state index is 5.79. The lowest BCUT2D eigenvalue weighted by molar-refractivity contribution is 0.586. The van der Waals surface area contributed by atoms with Gasteiger partial charge >= 0.3 is 0 Å². The highest BCUT2D eigenvalue weighted by atomic mass is 15.2. The summed E-state index contributed by atoms with van der Waals surface area (Å²) < 4.78 is 1.83. The van der Waals surface area contributed by atoms with Gasteiger partial charge in [-0.25, -0.2) is 0 Å². The van der Waals surface area contributed by atoms with Crippen molar-refractivity contribution in [3.63, 3.8) is 0 Å². The smallest absolute Gasteiger partial charge is 0.0625 e. The minimum absolute atomic E-state index is 0.326. The quantitative estimate of drug-likeness (QED) is 0.729. The van der Waals surface area contributed by atoms with Gasteiger partial charge in [0.2, 0.25) is 0 Å². The first-order valence-corrected chi connectivity index (χ1v) is 4.46. The van der Waals surface area contributed by atoms with Crippen molar-refractivity contribution in [2.75, 3.05) is 0 Å². The Hall–Kier alpha value is -0.830. The SMILES string of the molecule is CCC(N)CCc1ccn(C)n1. The third kappa shape index (κ3) is 2.66. The molecule has 0 spiro atoms. The van der Waals surface area contributed by atoms with Crippen LogP contribution in [0.1, 0.15) is 25.5 Å². The molecule has 0 amide bonds. The fourth-order valence-electron chi connectivity index (χ4n) is 1.13. The van der Waals surface area contributed by atoms with Crippen LogP contribution in [0.2, 0.25) is 0 Å². The van der Waals surface area contributed by atoms with Gasteiger partial charge in [0.15, 0.2) is 0 Å². The number of hydrogen-bond donors (Lipinski definition) is 1. The zero-order valence-corrected chi connectivity index (χ0v) is 7.83. The number of aromatic nitrogens is 2. The Kier molecular flexibility index (Phi) is 3.29. The van der Waals surface area contributed by atoms with Crippen LogP contribution in [-0.4, -0.2) is 15.8 Å². The lowest BCUT2D eigenvalue weighted by atomic mass is 10.1. The second-order valence-corrected chi connectivity index (χ2v) is 3.19. The predicted molar refractivity (Wildman–Crippen MR) is 49.8 cm³/mol. The zero-order valence-electron chi connectivity index (χ0n) is 7.83. The van der Waals surface area contributed by atoms with Crippen molar-refractivity contribution in [1.82, 2.24) is 9.78 Å². The van der Waals surface area contributed by atoms with Crippen LogP contribution in [0, 0.1) is 0 Å². The molecular weight excluding hydrogens is 150 g/mol. The first-order valence-electron chi connectivity index (χ1n) is 4.46. The van der Waals surface area contributed by atoms with E-state index in [-0.39, 0.29) is 0 Å². The molecule has 0 aliphatic carbocycles. The van der Waals surface area contributed by atoms with Crippen LogP contribution < -0.4 is 5.73 Å². The molecule has 0 bridgehead atoms. The molecule has 12 heavy (non-hydrogen) atoms. The van der Waals surface area contributed by atoms with Crippen molar-refractivity contribution >= 4 is 0 Å². The van der Waals surface area contributed by atoms with E-state index >= 15 is 0 Å². The highest BCUT2D eigenvalue weighted by Crippen LogP contribution is 2.02. The van der Waals surface area contributed by atoms with Gasteiger partial charge in [-0.15, -0.1) is 0 Å². The van der Waals surface area contributed by atoms with Crippen molar-refractivity contribution in [3.05, 3.63) is 18.0 Å². The summed E-state index contributed by atoms with van der Waals surface area (Å²) >= 11 is 0. The van der Waals surface area contributed by atoms with E-state index in [1.807, 2.05) is 24.0 Å². The Balaban J connectivity index is 2.33. The Bertz CT molecular complexity index is 229. The summed E-state index contributed by atoms with van der Waals surface area (Å²) in [6.07, 6.45) is 5.04.